The van der Waals surface area contributed by atoms with E-state index >= 15 is 0 Å². The van der Waals surface area contributed by atoms with E-state index in [4.69, 9.17) is 5.73 Å². The summed E-state index contributed by atoms with van der Waals surface area (Å²) in [5.74, 6) is 0.543. The van der Waals surface area contributed by atoms with E-state index < -0.39 is 0 Å². The number of rotatable bonds is 3. The lowest BCUT2D eigenvalue weighted by Gasteiger charge is -2.40. The third-order valence-corrected chi connectivity index (χ3v) is 5.19. The molecular weight excluding hydrogens is 278 g/mol. The number of carbonyl (C=O) groups excluding carboxylic acids is 1. The predicted octanol–water partition coefficient (Wildman–Crippen LogP) is 1.56. The summed E-state index contributed by atoms with van der Waals surface area (Å²) in [6.45, 7) is 3.38. The van der Waals surface area contributed by atoms with Crippen molar-refractivity contribution in [2.24, 2.45) is 11.1 Å². The first-order valence-electron chi connectivity index (χ1n) is 8.19. The Labute approximate surface area is 131 Å². The number of phenols is 1. The summed E-state index contributed by atoms with van der Waals surface area (Å²) in [5.41, 5.74) is 6.47. The van der Waals surface area contributed by atoms with E-state index in [1.807, 2.05) is 23.1 Å². The van der Waals surface area contributed by atoms with E-state index in [1.165, 1.54) is 0 Å². The highest BCUT2D eigenvalue weighted by Crippen LogP contribution is 2.39. The van der Waals surface area contributed by atoms with Gasteiger partial charge in [0.2, 0.25) is 5.91 Å². The predicted molar refractivity (Wildman–Crippen MR) is 86.9 cm³/mol. The van der Waals surface area contributed by atoms with E-state index in [0.29, 0.717) is 25.4 Å². The third-order valence-electron chi connectivity index (χ3n) is 5.19. The van der Waals surface area contributed by atoms with Gasteiger partial charge in [-0.05, 0) is 25.0 Å². The van der Waals surface area contributed by atoms with Gasteiger partial charge >= 0.3 is 0 Å². The molecule has 3 rings (SSSR count). The van der Waals surface area contributed by atoms with Crippen LogP contribution in [0.15, 0.2) is 24.3 Å². The monoisotopic (exact) mass is 303 g/mol. The van der Waals surface area contributed by atoms with Gasteiger partial charge in [-0.2, -0.15) is 0 Å². The molecule has 0 atom stereocenters. The van der Waals surface area contributed by atoms with Crippen molar-refractivity contribution < 1.29 is 9.90 Å². The molecular formula is C17H25N3O2. The molecule has 1 aromatic carbocycles. The first kappa shape index (κ1) is 15.2. The summed E-state index contributed by atoms with van der Waals surface area (Å²) in [7, 11) is 0. The van der Waals surface area contributed by atoms with Gasteiger partial charge in [0.15, 0.2) is 0 Å². The maximum Gasteiger partial charge on any atom is 0.230 e. The molecule has 2 aliphatic rings. The maximum atomic E-state index is 12.8. The average molecular weight is 303 g/mol. The van der Waals surface area contributed by atoms with Crippen molar-refractivity contribution in [3.63, 3.8) is 0 Å². The fraction of sp³-hybridized carbons (Fsp3) is 0.588. The van der Waals surface area contributed by atoms with Gasteiger partial charge in [0, 0.05) is 32.7 Å². The quantitative estimate of drug-likeness (QED) is 0.889. The number of anilines is 1. The maximum absolute atomic E-state index is 12.8. The van der Waals surface area contributed by atoms with Gasteiger partial charge in [-0.3, -0.25) is 4.79 Å². The molecule has 0 bridgehead atoms. The largest absolute Gasteiger partial charge is 0.506 e. The lowest BCUT2D eigenvalue weighted by atomic mass is 9.84. The molecule has 1 heterocycles. The molecule has 1 aromatic rings. The Kier molecular flexibility index (Phi) is 4.25. The lowest BCUT2D eigenvalue weighted by molar-refractivity contribution is -0.141. The minimum absolute atomic E-state index is 0.240. The summed E-state index contributed by atoms with van der Waals surface area (Å²) in [6.07, 6.45) is 4.09. The van der Waals surface area contributed by atoms with Gasteiger partial charge < -0.3 is 20.6 Å². The second kappa shape index (κ2) is 6.16. The molecule has 1 saturated carbocycles. The summed E-state index contributed by atoms with van der Waals surface area (Å²) in [4.78, 5) is 17.0. The molecule has 5 heteroatoms. The fourth-order valence-electron chi connectivity index (χ4n) is 3.77. The van der Waals surface area contributed by atoms with Gasteiger partial charge in [-0.15, -0.1) is 0 Å². The van der Waals surface area contributed by atoms with Crippen LogP contribution in [0.2, 0.25) is 0 Å². The number of benzene rings is 1. The molecule has 22 heavy (non-hydrogen) atoms. The molecule has 5 nitrogen and oxygen atoms in total. The van der Waals surface area contributed by atoms with Crippen LogP contribution in [0.5, 0.6) is 5.75 Å². The Balaban J connectivity index is 1.64. The van der Waals surface area contributed by atoms with Crippen molar-refractivity contribution in [2.75, 3.05) is 37.6 Å². The minimum Gasteiger partial charge on any atom is -0.506 e. The zero-order chi connectivity index (χ0) is 15.6. The SMILES string of the molecule is NCC1(C(=O)N2CCN(c3ccccc3O)CC2)CCCC1. The van der Waals surface area contributed by atoms with Crippen LogP contribution in [0, 0.1) is 5.41 Å². The summed E-state index contributed by atoms with van der Waals surface area (Å²) in [5, 5.41) is 9.95. The fourth-order valence-corrected chi connectivity index (χ4v) is 3.77. The van der Waals surface area contributed by atoms with E-state index in [1.54, 1.807) is 6.07 Å². The molecule has 1 aliphatic heterocycles. The second-order valence-electron chi connectivity index (χ2n) is 6.46. The first-order chi connectivity index (χ1) is 10.7. The highest BCUT2D eigenvalue weighted by molar-refractivity contribution is 5.83. The minimum atomic E-state index is -0.308. The van der Waals surface area contributed by atoms with Crippen LogP contribution in [0.3, 0.4) is 0 Å². The zero-order valence-corrected chi connectivity index (χ0v) is 13.0. The van der Waals surface area contributed by atoms with Crippen LogP contribution in [0.4, 0.5) is 5.69 Å². The molecule has 0 aromatic heterocycles. The first-order valence-corrected chi connectivity index (χ1v) is 8.19. The summed E-state index contributed by atoms with van der Waals surface area (Å²) < 4.78 is 0. The number of para-hydroxylation sites is 2. The van der Waals surface area contributed by atoms with Crippen molar-refractivity contribution in [2.45, 2.75) is 25.7 Å². The Morgan fingerprint density at radius 1 is 1.14 bits per heavy atom. The number of piperazine rings is 1. The van der Waals surface area contributed by atoms with Crippen LogP contribution in [-0.4, -0.2) is 48.6 Å². The summed E-state index contributed by atoms with van der Waals surface area (Å²) >= 11 is 0. The van der Waals surface area contributed by atoms with Crippen LogP contribution in [0.1, 0.15) is 25.7 Å². The molecule has 1 aliphatic carbocycles. The molecule has 0 radical (unpaired) electrons. The van der Waals surface area contributed by atoms with Crippen LogP contribution >= 0.6 is 0 Å². The number of hydrogen-bond acceptors (Lipinski definition) is 4. The van der Waals surface area contributed by atoms with Gasteiger partial charge in [0.25, 0.3) is 0 Å². The van der Waals surface area contributed by atoms with E-state index in [9.17, 15) is 9.90 Å². The van der Waals surface area contributed by atoms with Crippen molar-refractivity contribution in [3.8, 4) is 5.75 Å². The Morgan fingerprint density at radius 2 is 1.77 bits per heavy atom. The molecule has 0 spiro atoms. The smallest absolute Gasteiger partial charge is 0.230 e. The lowest BCUT2D eigenvalue weighted by Crippen LogP contribution is -2.54. The molecule has 1 saturated heterocycles. The van der Waals surface area contributed by atoms with Crippen LogP contribution in [0.25, 0.3) is 0 Å². The highest BCUT2D eigenvalue weighted by Gasteiger charge is 2.42. The normalized spacial score (nSPS) is 21.1. The third kappa shape index (κ3) is 2.65. The van der Waals surface area contributed by atoms with Gasteiger partial charge in [-0.1, -0.05) is 25.0 Å². The van der Waals surface area contributed by atoms with Crippen molar-refractivity contribution in [1.29, 1.82) is 0 Å². The Morgan fingerprint density at radius 3 is 2.36 bits per heavy atom. The standard InChI is InChI=1S/C17H25N3O2/c18-13-17(7-3-4-8-17)16(22)20-11-9-19(10-12-20)14-5-1-2-6-15(14)21/h1-2,5-6,21H,3-4,7-13,18H2. The van der Waals surface area contributed by atoms with Crippen molar-refractivity contribution in [3.05, 3.63) is 24.3 Å². The number of phenolic OH excluding ortho intramolecular Hbond substituents is 1. The number of carbonyl (C=O) groups is 1. The van der Waals surface area contributed by atoms with Crippen LogP contribution < -0.4 is 10.6 Å². The van der Waals surface area contributed by atoms with E-state index in [-0.39, 0.29) is 11.3 Å². The van der Waals surface area contributed by atoms with Crippen molar-refractivity contribution in [1.82, 2.24) is 4.90 Å². The van der Waals surface area contributed by atoms with E-state index in [0.717, 1.165) is 44.5 Å². The number of amides is 1. The van der Waals surface area contributed by atoms with Gasteiger partial charge in [0.05, 0.1) is 11.1 Å². The Hall–Kier alpha value is -1.75. The van der Waals surface area contributed by atoms with Gasteiger partial charge in [-0.25, -0.2) is 0 Å². The average Bonchev–Trinajstić information content (AvgIpc) is 3.05. The molecule has 120 valence electrons. The number of hydrogen-bond donors (Lipinski definition) is 2. The molecule has 0 unspecified atom stereocenters. The van der Waals surface area contributed by atoms with Gasteiger partial charge in [0.1, 0.15) is 5.75 Å². The topological polar surface area (TPSA) is 69.8 Å². The molecule has 2 fully saturated rings. The van der Waals surface area contributed by atoms with E-state index in [2.05, 4.69) is 4.90 Å². The number of nitrogens with zero attached hydrogens (tertiary/aromatic N) is 2. The highest BCUT2D eigenvalue weighted by atomic mass is 16.3. The number of aromatic hydroxyl groups is 1. The summed E-state index contributed by atoms with van der Waals surface area (Å²) in [6, 6.07) is 7.37. The van der Waals surface area contributed by atoms with Crippen molar-refractivity contribution >= 4 is 11.6 Å². The molecule has 1 amide bonds. The number of nitrogens with two attached hydrogens (primary N) is 1. The van der Waals surface area contributed by atoms with Crippen LogP contribution in [-0.2, 0) is 4.79 Å². The molecule has 3 N–H and O–H groups in total. The zero-order valence-electron chi connectivity index (χ0n) is 13.0. The Bertz CT molecular complexity index is 532. The second-order valence-corrected chi connectivity index (χ2v) is 6.46.